The van der Waals surface area contributed by atoms with E-state index in [1.807, 2.05) is 18.2 Å². The lowest BCUT2D eigenvalue weighted by atomic mass is 9.81. The van der Waals surface area contributed by atoms with E-state index in [2.05, 4.69) is 45.2 Å². The van der Waals surface area contributed by atoms with Crippen molar-refractivity contribution in [3.05, 3.63) is 59.0 Å². The lowest BCUT2D eigenvalue weighted by molar-refractivity contribution is 0.0962. The molecule has 6 nitrogen and oxygen atoms in total. The second-order valence-corrected chi connectivity index (χ2v) is 10.3. The highest BCUT2D eigenvalue weighted by molar-refractivity contribution is 5.93. The molecule has 2 saturated heterocycles. The predicted octanol–water partition coefficient (Wildman–Crippen LogP) is 3.35. The number of halogens is 1. The number of hydrogen-bond acceptors (Lipinski definition) is 5. The summed E-state index contributed by atoms with van der Waals surface area (Å²) in [5.41, 5.74) is 2.73. The van der Waals surface area contributed by atoms with Gasteiger partial charge in [-0.1, -0.05) is 12.1 Å². The lowest BCUT2D eigenvalue weighted by Gasteiger charge is -2.38. The van der Waals surface area contributed by atoms with Crippen LogP contribution < -0.4 is 10.2 Å². The second-order valence-electron chi connectivity index (χ2n) is 10.3. The summed E-state index contributed by atoms with van der Waals surface area (Å²) >= 11 is 0. The van der Waals surface area contributed by atoms with Crippen molar-refractivity contribution in [3.63, 3.8) is 0 Å². The molecule has 1 aromatic carbocycles. The molecular formula is C27H36FN5O. The van der Waals surface area contributed by atoms with E-state index >= 15 is 0 Å². The zero-order chi connectivity index (χ0) is 23.8. The fourth-order valence-electron chi connectivity index (χ4n) is 6.49. The van der Waals surface area contributed by atoms with Gasteiger partial charge in [0.15, 0.2) is 0 Å². The highest BCUT2D eigenvalue weighted by Crippen LogP contribution is 2.43. The Kier molecular flexibility index (Phi) is 6.58. The number of aromatic nitrogens is 1. The normalized spacial score (nSPS) is 25.7. The molecule has 1 unspecified atom stereocenters. The SMILES string of the molecule is CNC(=O)c1ccc(N2CCC([C@H]3CN(C4CCc5cccc(F)c54)C[C@@H]3N(C)C)CC2)nc1. The third-order valence-corrected chi connectivity index (χ3v) is 8.33. The van der Waals surface area contributed by atoms with Gasteiger partial charge in [0.25, 0.3) is 5.91 Å². The average molecular weight is 466 g/mol. The number of likely N-dealkylation sites (tertiary alicyclic amines) is 1. The van der Waals surface area contributed by atoms with Gasteiger partial charge in [-0.15, -0.1) is 0 Å². The van der Waals surface area contributed by atoms with Crippen molar-refractivity contribution < 1.29 is 9.18 Å². The summed E-state index contributed by atoms with van der Waals surface area (Å²) in [6, 6.07) is 10.1. The number of pyridine rings is 1. The molecule has 3 atom stereocenters. The molecule has 0 saturated carbocycles. The summed E-state index contributed by atoms with van der Waals surface area (Å²) in [6.45, 7) is 4.02. The van der Waals surface area contributed by atoms with Crippen LogP contribution in [0.25, 0.3) is 0 Å². The van der Waals surface area contributed by atoms with Gasteiger partial charge in [0, 0.05) is 57.1 Å². The smallest absolute Gasteiger partial charge is 0.252 e. The molecule has 0 bridgehead atoms. The summed E-state index contributed by atoms with van der Waals surface area (Å²) in [6.07, 6.45) is 5.94. The van der Waals surface area contributed by atoms with Crippen molar-refractivity contribution in [2.45, 2.75) is 37.8 Å². The van der Waals surface area contributed by atoms with Crippen LogP contribution in [0.1, 0.15) is 46.8 Å². The van der Waals surface area contributed by atoms with Gasteiger partial charge in [0.2, 0.25) is 0 Å². The molecule has 2 aliphatic heterocycles. The molecule has 3 aliphatic rings. The predicted molar refractivity (Wildman–Crippen MR) is 133 cm³/mol. The number of hydrogen-bond donors (Lipinski definition) is 1. The fourth-order valence-corrected chi connectivity index (χ4v) is 6.49. The van der Waals surface area contributed by atoms with Gasteiger partial charge in [-0.2, -0.15) is 0 Å². The van der Waals surface area contributed by atoms with Gasteiger partial charge in [-0.3, -0.25) is 9.69 Å². The number of anilines is 1. The van der Waals surface area contributed by atoms with Gasteiger partial charge in [0.1, 0.15) is 11.6 Å². The molecule has 1 aliphatic carbocycles. The van der Waals surface area contributed by atoms with Crippen molar-refractivity contribution in [1.82, 2.24) is 20.1 Å². The summed E-state index contributed by atoms with van der Waals surface area (Å²) in [7, 11) is 6.02. The monoisotopic (exact) mass is 465 g/mol. The maximum atomic E-state index is 14.7. The van der Waals surface area contributed by atoms with E-state index < -0.39 is 0 Å². The highest BCUT2D eigenvalue weighted by Gasteiger charge is 2.44. The van der Waals surface area contributed by atoms with E-state index in [1.165, 1.54) is 5.56 Å². The number of nitrogens with zero attached hydrogens (tertiary/aromatic N) is 4. The van der Waals surface area contributed by atoms with Crippen LogP contribution in [0.4, 0.5) is 10.2 Å². The first-order valence-corrected chi connectivity index (χ1v) is 12.6. The highest BCUT2D eigenvalue weighted by atomic mass is 19.1. The molecule has 0 radical (unpaired) electrons. The number of nitrogens with one attached hydrogen (secondary N) is 1. The molecule has 34 heavy (non-hydrogen) atoms. The minimum Gasteiger partial charge on any atom is -0.357 e. The number of amides is 1. The molecule has 1 amide bonds. The van der Waals surface area contributed by atoms with E-state index in [-0.39, 0.29) is 17.8 Å². The number of carbonyl (C=O) groups excluding carboxylic acids is 1. The number of likely N-dealkylation sites (N-methyl/N-ethyl adjacent to an activating group) is 1. The third kappa shape index (κ3) is 4.31. The number of benzene rings is 1. The van der Waals surface area contributed by atoms with Gasteiger partial charge < -0.3 is 15.1 Å². The van der Waals surface area contributed by atoms with E-state index in [0.29, 0.717) is 23.4 Å². The first-order valence-electron chi connectivity index (χ1n) is 12.6. The Labute approximate surface area is 202 Å². The van der Waals surface area contributed by atoms with Gasteiger partial charge in [-0.05, 0) is 75.4 Å². The molecule has 5 rings (SSSR count). The standard InChI is InChI=1S/C27H36FN5O/c1-29-27(34)20-8-10-25(30-15-20)32-13-11-18(12-14-32)21-16-33(17-24(21)31(2)3)23-9-7-19-5-4-6-22(28)26(19)23/h4-6,8,10,15,18,21,23-24H,7,9,11-14,16-17H2,1-3H3,(H,29,34)/t21-,23?,24+/m1/s1. The molecule has 3 heterocycles. The molecule has 1 N–H and O–H groups in total. The first kappa shape index (κ1) is 23.2. The Morgan fingerprint density at radius 2 is 1.91 bits per heavy atom. The fraction of sp³-hybridized carbons (Fsp3) is 0.556. The van der Waals surface area contributed by atoms with E-state index in [1.54, 1.807) is 19.3 Å². The van der Waals surface area contributed by atoms with E-state index in [0.717, 1.165) is 63.2 Å². The number of rotatable bonds is 5. The molecule has 182 valence electrons. The third-order valence-electron chi connectivity index (χ3n) is 8.33. The Hall–Kier alpha value is -2.51. The van der Waals surface area contributed by atoms with E-state index in [9.17, 15) is 9.18 Å². The number of aryl methyl sites for hydroxylation is 1. The summed E-state index contributed by atoms with van der Waals surface area (Å²) in [5.74, 6) is 2.05. The van der Waals surface area contributed by atoms with Crippen LogP contribution in [0.3, 0.4) is 0 Å². The Morgan fingerprint density at radius 1 is 1.12 bits per heavy atom. The van der Waals surface area contributed by atoms with Crippen molar-refractivity contribution in [2.24, 2.45) is 11.8 Å². The van der Waals surface area contributed by atoms with Crippen molar-refractivity contribution >= 4 is 11.7 Å². The van der Waals surface area contributed by atoms with Crippen LogP contribution >= 0.6 is 0 Å². The zero-order valence-corrected chi connectivity index (χ0v) is 20.5. The Bertz CT molecular complexity index is 1020. The minimum absolute atomic E-state index is 0.0342. The van der Waals surface area contributed by atoms with Crippen molar-refractivity contribution in [3.8, 4) is 0 Å². The van der Waals surface area contributed by atoms with Crippen LogP contribution in [0, 0.1) is 17.7 Å². The largest absolute Gasteiger partial charge is 0.357 e. The average Bonchev–Trinajstić information content (AvgIpc) is 3.49. The van der Waals surface area contributed by atoms with Gasteiger partial charge >= 0.3 is 0 Å². The molecule has 2 aromatic rings. The zero-order valence-electron chi connectivity index (χ0n) is 20.5. The van der Waals surface area contributed by atoms with Gasteiger partial charge in [-0.25, -0.2) is 9.37 Å². The first-order chi connectivity index (χ1) is 16.5. The molecular weight excluding hydrogens is 429 g/mol. The summed E-state index contributed by atoms with van der Waals surface area (Å²) in [4.78, 5) is 23.6. The van der Waals surface area contributed by atoms with Crippen LogP contribution in [-0.4, -0.2) is 74.1 Å². The number of carbonyl (C=O) groups is 1. The maximum Gasteiger partial charge on any atom is 0.252 e. The number of fused-ring (bicyclic) bond motifs is 1. The van der Waals surface area contributed by atoms with E-state index in [4.69, 9.17) is 0 Å². The van der Waals surface area contributed by atoms with Gasteiger partial charge in [0.05, 0.1) is 5.56 Å². The number of piperidine rings is 1. The Morgan fingerprint density at radius 3 is 2.59 bits per heavy atom. The quantitative estimate of drug-likeness (QED) is 0.734. The Balaban J connectivity index is 1.25. The van der Waals surface area contributed by atoms with Crippen LogP contribution in [0.15, 0.2) is 36.5 Å². The second kappa shape index (κ2) is 9.62. The molecule has 0 spiro atoms. The van der Waals surface area contributed by atoms with Crippen molar-refractivity contribution in [1.29, 1.82) is 0 Å². The molecule has 2 fully saturated rings. The lowest BCUT2D eigenvalue weighted by Crippen LogP contribution is -2.43. The van der Waals surface area contributed by atoms with Crippen molar-refractivity contribution in [2.75, 3.05) is 52.2 Å². The van der Waals surface area contributed by atoms with Crippen LogP contribution in [0.5, 0.6) is 0 Å². The molecule has 7 heteroatoms. The summed E-state index contributed by atoms with van der Waals surface area (Å²) < 4.78 is 14.7. The topological polar surface area (TPSA) is 51.7 Å². The summed E-state index contributed by atoms with van der Waals surface area (Å²) in [5, 5.41) is 2.64. The molecule has 1 aromatic heterocycles. The van der Waals surface area contributed by atoms with Crippen LogP contribution in [-0.2, 0) is 6.42 Å². The maximum absolute atomic E-state index is 14.7. The van der Waals surface area contributed by atoms with Crippen LogP contribution in [0.2, 0.25) is 0 Å². The minimum atomic E-state index is -0.108.